The number of carbonyl (C=O) groups excluding carboxylic acids is 2. The molecule has 1 aromatic carbocycles. The van der Waals surface area contributed by atoms with Crippen LogP contribution in [0.5, 0.6) is 11.5 Å². The zero-order chi connectivity index (χ0) is 15.4. The highest BCUT2D eigenvalue weighted by Crippen LogP contribution is 2.29. The van der Waals surface area contributed by atoms with Crippen molar-refractivity contribution in [2.24, 2.45) is 0 Å². The molecule has 0 aromatic heterocycles. The van der Waals surface area contributed by atoms with Gasteiger partial charge in [0.1, 0.15) is 0 Å². The minimum Gasteiger partial charge on any atom is -0.493 e. The van der Waals surface area contributed by atoms with Crippen molar-refractivity contribution in [1.82, 2.24) is 4.90 Å². The smallest absolute Gasteiger partial charge is 0.223 e. The summed E-state index contributed by atoms with van der Waals surface area (Å²) in [7, 11) is 1.54. The number of likely N-dealkylation sites (tertiary alicyclic amines) is 1. The maximum Gasteiger partial charge on any atom is 0.223 e. The maximum atomic E-state index is 12.5. The molecule has 114 valence electrons. The summed E-state index contributed by atoms with van der Waals surface area (Å²) in [6, 6.07) is 4.67. The van der Waals surface area contributed by atoms with Gasteiger partial charge in [-0.05, 0) is 38.5 Å². The molecule has 1 aromatic rings. The van der Waals surface area contributed by atoms with Crippen LogP contribution in [-0.2, 0) is 4.79 Å². The molecule has 5 heteroatoms. The molecule has 0 spiro atoms. The number of methoxy groups -OCH3 is 1. The van der Waals surface area contributed by atoms with Crippen LogP contribution >= 0.6 is 0 Å². The van der Waals surface area contributed by atoms with Crippen molar-refractivity contribution in [3.8, 4) is 11.5 Å². The lowest BCUT2D eigenvalue weighted by atomic mass is 10.0. The van der Waals surface area contributed by atoms with Crippen LogP contribution in [0.4, 0.5) is 0 Å². The van der Waals surface area contributed by atoms with Gasteiger partial charge in [-0.3, -0.25) is 9.59 Å². The summed E-state index contributed by atoms with van der Waals surface area (Å²) in [6.07, 6.45) is 1.35. The second-order valence-corrected chi connectivity index (χ2v) is 5.03. The third-order valence-electron chi connectivity index (χ3n) is 3.70. The Kier molecular flexibility index (Phi) is 4.83. The number of amides is 1. The van der Waals surface area contributed by atoms with E-state index in [1.165, 1.54) is 0 Å². The van der Waals surface area contributed by atoms with Gasteiger partial charge < -0.3 is 14.4 Å². The number of rotatable bonds is 6. The molecule has 21 heavy (non-hydrogen) atoms. The maximum absolute atomic E-state index is 12.5. The Labute approximate surface area is 124 Å². The summed E-state index contributed by atoms with van der Waals surface area (Å²) in [5.41, 5.74) is 0.530. The van der Waals surface area contributed by atoms with E-state index >= 15 is 0 Å². The van der Waals surface area contributed by atoms with Gasteiger partial charge in [-0.2, -0.15) is 0 Å². The second kappa shape index (κ2) is 6.61. The van der Waals surface area contributed by atoms with Gasteiger partial charge in [0.05, 0.1) is 19.8 Å². The van der Waals surface area contributed by atoms with Gasteiger partial charge in [0.25, 0.3) is 0 Å². The fourth-order valence-corrected chi connectivity index (χ4v) is 2.56. The van der Waals surface area contributed by atoms with Gasteiger partial charge in [0.15, 0.2) is 17.3 Å². The van der Waals surface area contributed by atoms with Crippen molar-refractivity contribution >= 4 is 11.7 Å². The van der Waals surface area contributed by atoms with E-state index in [-0.39, 0.29) is 11.7 Å². The fourth-order valence-electron chi connectivity index (χ4n) is 2.56. The van der Waals surface area contributed by atoms with E-state index < -0.39 is 6.04 Å². The van der Waals surface area contributed by atoms with E-state index in [0.29, 0.717) is 36.6 Å². The van der Waals surface area contributed by atoms with Gasteiger partial charge in [-0.1, -0.05) is 0 Å². The topological polar surface area (TPSA) is 55.8 Å². The summed E-state index contributed by atoms with van der Waals surface area (Å²) in [5, 5.41) is 0. The lowest BCUT2D eigenvalue weighted by Gasteiger charge is -2.23. The molecule has 2 rings (SSSR count). The third-order valence-corrected chi connectivity index (χ3v) is 3.70. The molecule has 1 heterocycles. The first-order chi connectivity index (χ1) is 10.1. The molecule has 0 bridgehead atoms. The number of hydrogen-bond acceptors (Lipinski definition) is 4. The van der Waals surface area contributed by atoms with E-state index in [0.717, 1.165) is 6.42 Å². The monoisotopic (exact) mass is 291 g/mol. The largest absolute Gasteiger partial charge is 0.493 e. The van der Waals surface area contributed by atoms with Crippen LogP contribution < -0.4 is 9.47 Å². The third kappa shape index (κ3) is 3.17. The van der Waals surface area contributed by atoms with Gasteiger partial charge in [0, 0.05) is 18.5 Å². The van der Waals surface area contributed by atoms with E-state index in [2.05, 4.69) is 0 Å². The molecule has 0 radical (unpaired) electrons. The van der Waals surface area contributed by atoms with Gasteiger partial charge in [-0.25, -0.2) is 0 Å². The van der Waals surface area contributed by atoms with Crippen molar-refractivity contribution in [1.29, 1.82) is 0 Å². The van der Waals surface area contributed by atoms with E-state index in [1.54, 1.807) is 37.1 Å². The molecule has 0 aliphatic carbocycles. The summed E-state index contributed by atoms with van der Waals surface area (Å²) in [6.45, 7) is 4.84. The fraction of sp³-hybridized carbons (Fsp3) is 0.500. The Morgan fingerprint density at radius 3 is 2.71 bits per heavy atom. The van der Waals surface area contributed by atoms with Crippen LogP contribution in [0.25, 0.3) is 0 Å². The molecule has 1 aliphatic rings. The predicted octanol–water partition coefficient (Wildman–Crippen LogP) is 2.29. The van der Waals surface area contributed by atoms with Crippen molar-refractivity contribution in [2.45, 2.75) is 32.7 Å². The highest BCUT2D eigenvalue weighted by atomic mass is 16.5. The molecule has 5 nitrogen and oxygen atoms in total. The lowest BCUT2D eigenvalue weighted by molar-refractivity contribution is -0.128. The molecular formula is C16H21NO4. The molecule has 0 saturated carbocycles. The average molecular weight is 291 g/mol. The molecule has 1 unspecified atom stereocenters. The van der Waals surface area contributed by atoms with Gasteiger partial charge >= 0.3 is 0 Å². The standard InChI is InChI=1S/C16H21NO4/c1-4-21-13-8-7-12(10-14(13)20-3)16(19)11(2)17-9-5-6-15(17)18/h7-8,10-11H,4-6,9H2,1-3H3. The molecule has 1 aliphatic heterocycles. The van der Waals surface area contributed by atoms with Crippen LogP contribution in [-0.4, -0.2) is 42.9 Å². The molecular weight excluding hydrogens is 270 g/mol. The second-order valence-electron chi connectivity index (χ2n) is 5.03. The van der Waals surface area contributed by atoms with Gasteiger partial charge in [-0.15, -0.1) is 0 Å². The van der Waals surface area contributed by atoms with Crippen LogP contribution in [0.2, 0.25) is 0 Å². The Morgan fingerprint density at radius 2 is 2.14 bits per heavy atom. The van der Waals surface area contributed by atoms with Crippen LogP contribution in [0.1, 0.15) is 37.0 Å². The normalized spacial score (nSPS) is 16.0. The highest BCUT2D eigenvalue weighted by molar-refractivity contribution is 6.02. The zero-order valence-electron chi connectivity index (χ0n) is 12.7. The molecule has 1 amide bonds. The number of benzene rings is 1. The van der Waals surface area contributed by atoms with Crippen LogP contribution in [0, 0.1) is 0 Å². The Bertz CT molecular complexity index is 541. The minimum absolute atomic E-state index is 0.0498. The summed E-state index contributed by atoms with van der Waals surface area (Å²) < 4.78 is 10.7. The van der Waals surface area contributed by atoms with Gasteiger partial charge in [0.2, 0.25) is 5.91 Å². The first-order valence-corrected chi connectivity index (χ1v) is 7.23. The first-order valence-electron chi connectivity index (χ1n) is 7.23. The number of ketones is 1. The van der Waals surface area contributed by atoms with Crippen molar-refractivity contribution in [3.05, 3.63) is 23.8 Å². The van der Waals surface area contributed by atoms with Crippen molar-refractivity contribution in [3.63, 3.8) is 0 Å². The minimum atomic E-state index is -0.442. The Balaban J connectivity index is 2.20. The number of nitrogens with zero attached hydrogens (tertiary/aromatic N) is 1. The zero-order valence-corrected chi connectivity index (χ0v) is 12.7. The summed E-state index contributed by atoms with van der Waals surface area (Å²) in [5.74, 6) is 1.12. The van der Waals surface area contributed by atoms with E-state index in [4.69, 9.17) is 9.47 Å². The van der Waals surface area contributed by atoms with Crippen molar-refractivity contribution < 1.29 is 19.1 Å². The molecule has 0 N–H and O–H groups in total. The lowest BCUT2D eigenvalue weighted by Crippen LogP contribution is -2.39. The SMILES string of the molecule is CCOc1ccc(C(=O)C(C)N2CCCC2=O)cc1OC. The predicted molar refractivity (Wildman–Crippen MR) is 78.9 cm³/mol. The molecule has 1 saturated heterocycles. The number of carbonyl (C=O) groups is 2. The molecule has 1 atom stereocenters. The Morgan fingerprint density at radius 1 is 1.38 bits per heavy atom. The highest BCUT2D eigenvalue weighted by Gasteiger charge is 2.30. The number of ether oxygens (including phenoxy) is 2. The average Bonchev–Trinajstić information content (AvgIpc) is 2.92. The Hall–Kier alpha value is -2.04. The number of hydrogen-bond donors (Lipinski definition) is 0. The van der Waals surface area contributed by atoms with Crippen LogP contribution in [0.15, 0.2) is 18.2 Å². The summed E-state index contributed by atoms with van der Waals surface area (Å²) >= 11 is 0. The molecule has 1 fully saturated rings. The first kappa shape index (κ1) is 15.4. The van der Waals surface area contributed by atoms with E-state index in [1.807, 2.05) is 6.92 Å². The van der Waals surface area contributed by atoms with Crippen LogP contribution in [0.3, 0.4) is 0 Å². The number of Topliss-reactive ketones (excluding diaryl/α,β-unsaturated/α-hetero) is 1. The van der Waals surface area contributed by atoms with E-state index in [9.17, 15) is 9.59 Å². The van der Waals surface area contributed by atoms with Crippen molar-refractivity contribution in [2.75, 3.05) is 20.3 Å². The quantitative estimate of drug-likeness (QED) is 0.755. The summed E-state index contributed by atoms with van der Waals surface area (Å²) in [4.78, 5) is 25.9.